The number of aryl methyl sites for hydroxylation is 1. The monoisotopic (exact) mass is 468 g/mol. The van der Waals surface area contributed by atoms with Crippen LogP contribution in [0.15, 0.2) is 22.9 Å². The van der Waals surface area contributed by atoms with Gasteiger partial charge < -0.3 is 15.8 Å². The molecular weight excluding hydrogens is 440 g/mol. The highest BCUT2D eigenvalue weighted by Gasteiger charge is 2.36. The van der Waals surface area contributed by atoms with E-state index in [1.165, 1.54) is 4.90 Å². The Morgan fingerprint density at radius 1 is 1.34 bits per heavy atom. The quantitative estimate of drug-likeness (QED) is 0.622. The van der Waals surface area contributed by atoms with Crippen LogP contribution >= 0.6 is 15.9 Å². The highest BCUT2D eigenvalue weighted by atomic mass is 79.9. The van der Waals surface area contributed by atoms with Crippen molar-refractivity contribution in [1.82, 2.24) is 15.2 Å². The lowest BCUT2D eigenvalue weighted by Gasteiger charge is -2.36. The number of ether oxygens (including phenoxy) is 1. The second-order valence-corrected chi connectivity index (χ2v) is 8.99. The number of rotatable bonds is 6. The third-order valence-corrected chi connectivity index (χ3v) is 5.07. The molecule has 0 spiro atoms. The molecule has 0 saturated carbocycles. The molecule has 29 heavy (non-hydrogen) atoms. The van der Waals surface area contributed by atoms with Crippen LogP contribution in [0.1, 0.15) is 52.0 Å². The first-order chi connectivity index (χ1) is 13.6. The fourth-order valence-corrected chi connectivity index (χ4v) is 3.40. The summed E-state index contributed by atoms with van der Waals surface area (Å²) in [4.78, 5) is 42.8. The van der Waals surface area contributed by atoms with Crippen molar-refractivity contribution in [2.75, 3.05) is 6.54 Å². The van der Waals surface area contributed by atoms with Gasteiger partial charge in [0.25, 0.3) is 0 Å². The number of carbonyl (C=O) groups is 3. The Morgan fingerprint density at radius 2 is 2.07 bits per heavy atom. The molecule has 0 aromatic carbocycles. The van der Waals surface area contributed by atoms with Gasteiger partial charge in [-0.2, -0.15) is 0 Å². The molecule has 1 aliphatic heterocycles. The third kappa shape index (κ3) is 7.30. The first-order valence-electron chi connectivity index (χ1n) is 9.76. The minimum atomic E-state index is -0.825. The smallest absolute Gasteiger partial charge is 0.410 e. The van der Waals surface area contributed by atoms with Gasteiger partial charge in [-0.25, -0.2) is 9.78 Å². The Hall–Kier alpha value is -2.16. The van der Waals surface area contributed by atoms with Crippen LogP contribution in [-0.4, -0.2) is 52.0 Å². The van der Waals surface area contributed by atoms with Crippen LogP contribution in [0.5, 0.6) is 0 Å². The van der Waals surface area contributed by atoms with E-state index < -0.39 is 29.7 Å². The molecule has 0 aliphatic carbocycles. The molecule has 0 radical (unpaired) electrons. The summed E-state index contributed by atoms with van der Waals surface area (Å²) in [6.45, 7) is 5.79. The Morgan fingerprint density at radius 3 is 2.66 bits per heavy atom. The summed E-state index contributed by atoms with van der Waals surface area (Å²) in [5.74, 6) is -0.990. The molecule has 0 unspecified atom stereocenters. The SMILES string of the molecule is CC(C)(C)OC(=O)N1CCCC[C@H]1C(=O)N[C@@H](CCc1ccc(Br)nc1)C(N)=O. The standard InChI is InChI=1S/C20H29BrN4O4/c1-20(2,3)29-19(28)25-11-5-4-6-15(25)18(27)24-14(17(22)26)9-7-13-8-10-16(21)23-12-13/h8,10,12,14-15H,4-7,9,11H2,1-3H3,(H2,22,26)(H,24,27)/t14-,15-/m0/s1. The van der Waals surface area contributed by atoms with E-state index in [4.69, 9.17) is 10.5 Å². The zero-order valence-corrected chi connectivity index (χ0v) is 18.7. The number of nitrogens with zero attached hydrogens (tertiary/aromatic N) is 2. The summed E-state index contributed by atoms with van der Waals surface area (Å²) in [5, 5.41) is 2.72. The highest BCUT2D eigenvalue weighted by molar-refractivity contribution is 9.10. The lowest BCUT2D eigenvalue weighted by atomic mass is 10.0. The molecule has 1 aromatic rings. The first kappa shape index (κ1) is 23.1. The van der Waals surface area contributed by atoms with E-state index in [0.717, 1.165) is 23.0 Å². The van der Waals surface area contributed by atoms with Gasteiger partial charge in [-0.15, -0.1) is 0 Å². The molecule has 3 amide bonds. The van der Waals surface area contributed by atoms with Crippen molar-refractivity contribution in [3.05, 3.63) is 28.5 Å². The molecule has 3 N–H and O–H groups in total. The molecule has 1 saturated heterocycles. The lowest BCUT2D eigenvalue weighted by molar-refractivity contribution is -0.131. The van der Waals surface area contributed by atoms with Gasteiger partial charge in [0.05, 0.1) is 0 Å². The second kappa shape index (κ2) is 10.0. The number of pyridine rings is 1. The topological polar surface area (TPSA) is 115 Å². The summed E-state index contributed by atoms with van der Waals surface area (Å²) in [6, 6.07) is 2.21. The zero-order chi connectivity index (χ0) is 21.6. The van der Waals surface area contributed by atoms with Crippen molar-refractivity contribution in [2.45, 2.75) is 70.6 Å². The van der Waals surface area contributed by atoms with Crippen molar-refractivity contribution in [3.8, 4) is 0 Å². The van der Waals surface area contributed by atoms with Crippen molar-refractivity contribution in [1.29, 1.82) is 0 Å². The van der Waals surface area contributed by atoms with Gasteiger partial charge in [-0.3, -0.25) is 14.5 Å². The number of nitrogens with two attached hydrogens (primary N) is 1. The van der Waals surface area contributed by atoms with Gasteiger partial charge in [0.1, 0.15) is 22.3 Å². The van der Waals surface area contributed by atoms with Gasteiger partial charge in [0.2, 0.25) is 11.8 Å². The van der Waals surface area contributed by atoms with E-state index in [1.807, 2.05) is 12.1 Å². The average Bonchev–Trinajstić information content (AvgIpc) is 2.64. The van der Waals surface area contributed by atoms with Gasteiger partial charge in [-0.05, 0) is 80.4 Å². The molecule has 0 bridgehead atoms. The summed E-state index contributed by atoms with van der Waals surface area (Å²) in [5.41, 5.74) is 5.78. The number of aromatic nitrogens is 1. The minimum absolute atomic E-state index is 0.351. The Balaban J connectivity index is 2.01. The second-order valence-electron chi connectivity index (χ2n) is 8.18. The van der Waals surface area contributed by atoms with E-state index in [1.54, 1.807) is 27.0 Å². The van der Waals surface area contributed by atoms with Crippen LogP contribution in [-0.2, 0) is 20.7 Å². The number of carbonyl (C=O) groups excluding carboxylic acids is 3. The van der Waals surface area contributed by atoms with E-state index in [0.29, 0.717) is 25.8 Å². The zero-order valence-electron chi connectivity index (χ0n) is 17.1. The number of hydrogen-bond donors (Lipinski definition) is 2. The molecule has 2 atom stereocenters. The van der Waals surface area contributed by atoms with E-state index >= 15 is 0 Å². The molecule has 2 rings (SSSR count). The average molecular weight is 469 g/mol. The largest absolute Gasteiger partial charge is 0.444 e. The number of amides is 3. The Kier molecular flexibility index (Phi) is 8.01. The number of piperidine rings is 1. The maximum Gasteiger partial charge on any atom is 0.410 e. The first-order valence-corrected chi connectivity index (χ1v) is 10.6. The van der Waals surface area contributed by atoms with Crippen molar-refractivity contribution in [3.63, 3.8) is 0 Å². The van der Waals surface area contributed by atoms with Gasteiger partial charge in [-0.1, -0.05) is 6.07 Å². The van der Waals surface area contributed by atoms with Crippen LogP contribution in [0, 0.1) is 0 Å². The molecule has 1 aromatic heterocycles. The van der Waals surface area contributed by atoms with Crippen LogP contribution < -0.4 is 11.1 Å². The van der Waals surface area contributed by atoms with Crippen molar-refractivity contribution in [2.24, 2.45) is 5.73 Å². The normalized spacial score (nSPS) is 18.1. The molecule has 2 heterocycles. The number of halogens is 1. The Bertz CT molecular complexity index is 733. The third-order valence-electron chi connectivity index (χ3n) is 4.60. The van der Waals surface area contributed by atoms with Gasteiger partial charge >= 0.3 is 6.09 Å². The summed E-state index contributed by atoms with van der Waals surface area (Å²) in [6.07, 6.45) is 4.22. The Labute approximate surface area is 179 Å². The number of primary amides is 1. The van der Waals surface area contributed by atoms with Crippen LogP contribution in [0.25, 0.3) is 0 Å². The van der Waals surface area contributed by atoms with E-state index in [2.05, 4.69) is 26.2 Å². The fraction of sp³-hybridized carbons (Fsp3) is 0.600. The minimum Gasteiger partial charge on any atom is -0.444 e. The van der Waals surface area contributed by atoms with Gasteiger partial charge in [0, 0.05) is 12.7 Å². The number of likely N-dealkylation sites (tertiary alicyclic amines) is 1. The molecular formula is C20H29BrN4O4. The van der Waals surface area contributed by atoms with Crippen LogP contribution in [0.3, 0.4) is 0 Å². The van der Waals surface area contributed by atoms with E-state index in [9.17, 15) is 14.4 Å². The number of hydrogen-bond acceptors (Lipinski definition) is 5. The molecule has 1 fully saturated rings. The maximum absolute atomic E-state index is 12.9. The molecule has 1 aliphatic rings. The van der Waals surface area contributed by atoms with Crippen molar-refractivity contribution >= 4 is 33.8 Å². The predicted molar refractivity (Wildman–Crippen MR) is 112 cm³/mol. The summed E-state index contributed by atoms with van der Waals surface area (Å²) < 4.78 is 6.15. The number of nitrogens with one attached hydrogen (secondary N) is 1. The van der Waals surface area contributed by atoms with Crippen molar-refractivity contribution < 1.29 is 19.1 Å². The maximum atomic E-state index is 12.9. The van der Waals surface area contributed by atoms with Crippen LogP contribution in [0.2, 0.25) is 0 Å². The van der Waals surface area contributed by atoms with Gasteiger partial charge in [0.15, 0.2) is 0 Å². The summed E-state index contributed by atoms with van der Waals surface area (Å²) in [7, 11) is 0. The van der Waals surface area contributed by atoms with E-state index in [-0.39, 0.29) is 5.91 Å². The summed E-state index contributed by atoms with van der Waals surface area (Å²) >= 11 is 3.28. The fourth-order valence-electron chi connectivity index (χ4n) is 3.16. The molecule has 9 heteroatoms. The van der Waals surface area contributed by atoms with Crippen LogP contribution in [0.4, 0.5) is 4.79 Å². The highest BCUT2D eigenvalue weighted by Crippen LogP contribution is 2.21. The lowest BCUT2D eigenvalue weighted by Crippen LogP contribution is -2.56. The molecule has 8 nitrogen and oxygen atoms in total. The molecule has 160 valence electrons. The predicted octanol–water partition coefficient (Wildman–Crippen LogP) is 2.54.